The van der Waals surface area contributed by atoms with Crippen LogP contribution >= 0.6 is 27.5 Å². The molecule has 0 atom stereocenters. The maximum atomic E-state index is 12.1. The van der Waals surface area contributed by atoms with E-state index in [2.05, 4.69) is 31.4 Å². The van der Waals surface area contributed by atoms with E-state index in [1.807, 2.05) is 0 Å². The van der Waals surface area contributed by atoms with Crippen molar-refractivity contribution in [3.63, 3.8) is 0 Å². The number of benzene rings is 2. The molecule has 0 fully saturated rings. The van der Waals surface area contributed by atoms with E-state index in [1.54, 1.807) is 43.3 Å². The van der Waals surface area contributed by atoms with Gasteiger partial charge >= 0.3 is 5.97 Å². The van der Waals surface area contributed by atoms with Gasteiger partial charge in [0.2, 0.25) is 5.89 Å². The first-order valence-electron chi connectivity index (χ1n) is 9.43. The van der Waals surface area contributed by atoms with Gasteiger partial charge in [-0.05, 0) is 53.2 Å². The summed E-state index contributed by atoms with van der Waals surface area (Å²) < 4.78 is 34.4. The molecule has 0 spiro atoms. The van der Waals surface area contributed by atoms with E-state index in [0.29, 0.717) is 16.3 Å². The molecule has 1 aromatic heterocycles. The van der Waals surface area contributed by atoms with Gasteiger partial charge in [-0.2, -0.15) is 0 Å². The van der Waals surface area contributed by atoms with Crippen LogP contribution in [0.1, 0.15) is 12.8 Å². The Morgan fingerprint density at radius 3 is 2.61 bits per heavy atom. The molecule has 0 radical (unpaired) electrons. The molecule has 0 saturated heterocycles. The van der Waals surface area contributed by atoms with Gasteiger partial charge in [-0.3, -0.25) is 5.41 Å². The Kier molecular flexibility index (Phi) is 7.67. The van der Waals surface area contributed by atoms with Crippen molar-refractivity contribution in [3.8, 4) is 11.5 Å². The van der Waals surface area contributed by atoms with Crippen molar-refractivity contribution in [1.29, 1.82) is 5.41 Å². The number of sulfone groups is 1. The van der Waals surface area contributed by atoms with E-state index in [-0.39, 0.29) is 33.5 Å². The van der Waals surface area contributed by atoms with Gasteiger partial charge in [0.15, 0.2) is 15.5 Å². The van der Waals surface area contributed by atoms with Crippen LogP contribution in [0.2, 0.25) is 5.02 Å². The minimum Gasteiger partial charge on any atom is -0.461 e. The third-order valence-corrected chi connectivity index (χ3v) is 6.43. The molecule has 12 heteroatoms. The zero-order valence-electron chi connectivity index (χ0n) is 17.4. The fourth-order valence-electron chi connectivity index (χ4n) is 2.62. The Bertz CT molecular complexity index is 1350. The second-order valence-corrected chi connectivity index (χ2v) is 9.82. The minimum atomic E-state index is -3.44. The molecule has 0 bridgehead atoms. The first kappa shape index (κ1) is 24.6. The lowest BCUT2D eigenvalue weighted by Gasteiger charge is -2.12. The highest BCUT2D eigenvalue weighted by molar-refractivity contribution is 9.12. The van der Waals surface area contributed by atoms with E-state index >= 15 is 0 Å². The first-order chi connectivity index (χ1) is 15.6. The molecule has 0 saturated carbocycles. The van der Waals surface area contributed by atoms with E-state index in [1.165, 1.54) is 12.1 Å². The number of halogens is 2. The van der Waals surface area contributed by atoms with Crippen molar-refractivity contribution in [1.82, 2.24) is 10.2 Å². The van der Waals surface area contributed by atoms with Crippen molar-refractivity contribution in [2.24, 2.45) is 0 Å². The summed E-state index contributed by atoms with van der Waals surface area (Å²) in [4.78, 5) is 12.2. The Hall–Kier alpha value is -3.02. The average Bonchev–Trinajstić information content (AvgIpc) is 3.27. The van der Waals surface area contributed by atoms with Crippen molar-refractivity contribution >= 4 is 60.4 Å². The molecule has 0 aliphatic heterocycles. The largest absolute Gasteiger partial charge is 0.461 e. The summed E-state index contributed by atoms with van der Waals surface area (Å²) in [5.74, 6) is -0.893. The number of esters is 1. The summed E-state index contributed by atoms with van der Waals surface area (Å²) in [7, 11) is -3.44. The molecule has 2 N–H and O–H groups in total. The maximum Gasteiger partial charge on any atom is 0.357 e. The van der Waals surface area contributed by atoms with Crippen molar-refractivity contribution in [3.05, 3.63) is 63.9 Å². The summed E-state index contributed by atoms with van der Waals surface area (Å²) in [5, 5.41) is 19.5. The van der Waals surface area contributed by atoms with Crippen molar-refractivity contribution in [2.75, 3.05) is 18.2 Å². The number of rotatable bonds is 8. The van der Waals surface area contributed by atoms with E-state index in [9.17, 15) is 13.2 Å². The predicted molar refractivity (Wildman–Crippen MR) is 128 cm³/mol. The maximum absolute atomic E-state index is 12.1. The number of para-hydroxylation sites is 1. The summed E-state index contributed by atoms with van der Waals surface area (Å²) in [6.07, 6.45) is 1.10. The molecule has 0 amide bonds. The summed E-state index contributed by atoms with van der Waals surface area (Å²) in [6.45, 7) is 1.72. The highest BCUT2D eigenvalue weighted by Crippen LogP contribution is 2.31. The topological polar surface area (TPSA) is 135 Å². The van der Waals surface area contributed by atoms with E-state index < -0.39 is 21.5 Å². The van der Waals surface area contributed by atoms with Gasteiger partial charge in [-0.15, -0.1) is 10.2 Å². The second kappa shape index (κ2) is 10.3. The van der Waals surface area contributed by atoms with Gasteiger partial charge < -0.3 is 14.5 Å². The van der Waals surface area contributed by atoms with Crippen LogP contribution < -0.4 is 5.32 Å². The molecule has 172 valence electrons. The lowest BCUT2D eigenvalue weighted by Crippen LogP contribution is -2.19. The molecule has 3 rings (SSSR count). The quantitative estimate of drug-likeness (QED) is 0.306. The van der Waals surface area contributed by atoms with Gasteiger partial charge in [0.25, 0.3) is 5.89 Å². The highest BCUT2D eigenvalue weighted by Gasteiger charge is 2.24. The lowest BCUT2D eigenvalue weighted by molar-refractivity contribution is -0.135. The first-order valence-corrected chi connectivity index (χ1v) is 12.5. The third kappa shape index (κ3) is 5.86. The molecular formula is C21H18BrClN4O5S. The monoisotopic (exact) mass is 552 g/mol. The number of carbonyl (C=O) groups excluding carboxylic acids is 1. The van der Waals surface area contributed by atoms with Gasteiger partial charge in [0.05, 0.1) is 26.7 Å². The molecule has 0 aliphatic carbocycles. The normalized spacial score (nSPS) is 12.1. The third-order valence-electron chi connectivity index (χ3n) is 4.20. The highest BCUT2D eigenvalue weighted by atomic mass is 79.9. The number of nitrogens with one attached hydrogen (secondary N) is 2. The zero-order chi connectivity index (χ0) is 24.2. The molecule has 2 aromatic carbocycles. The smallest absolute Gasteiger partial charge is 0.357 e. The number of carbonyl (C=O) groups is 1. The van der Waals surface area contributed by atoms with Gasteiger partial charge in [-0.1, -0.05) is 29.8 Å². The Balaban J connectivity index is 2.08. The van der Waals surface area contributed by atoms with Crippen LogP contribution in [0.25, 0.3) is 17.2 Å². The molecule has 9 nitrogen and oxygen atoms in total. The molecule has 33 heavy (non-hydrogen) atoms. The van der Waals surface area contributed by atoms with Gasteiger partial charge in [-0.25, -0.2) is 13.2 Å². The van der Waals surface area contributed by atoms with Crippen LogP contribution in [0.4, 0.5) is 5.69 Å². The average molecular weight is 554 g/mol. The zero-order valence-corrected chi connectivity index (χ0v) is 20.6. The lowest BCUT2D eigenvalue weighted by atomic mass is 10.2. The van der Waals surface area contributed by atoms with E-state index in [0.717, 1.165) is 6.26 Å². The number of nitrogens with zero attached hydrogens (tertiary/aromatic N) is 2. The summed E-state index contributed by atoms with van der Waals surface area (Å²) >= 11 is 9.49. The van der Waals surface area contributed by atoms with Crippen LogP contribution in [-0.2, 0) is 19.4 Å². The SMILES string of the molecule is CCOC(=O)C(=N)/C(Br)=C(\Nc1ccccc1Cl)c1nnc(-c2cccc(S(C)(=O)=O)c2)o1. The number of ether oxygens (including phenoxy) is 1. The predicted octanol–water partition coefficient (Wildman–Crippen LogP) is 4.55. The van der Waals surface area contributed by atoms with Crippen LogP contribution in [0.5, 0.6) is 0 Å². The fraction of sp³-hybridized carbons (Fsp3) is 0.143. The van der Waals surface area contributed by atoms with Gasteiger partial charge in [0, 0.05) is 11.8 Å². The number of hydrogen-bond donors (Lipinski definition) is 2. The van der Waals surface area contributed by atoms with E-state index in [4.69, 9.17) is 26.2 Å². The Morgan fingerprint density at radius 1 is 1.21 bits per heavy atom. The Morgan fingerprint density at radius 2 is 1.94 bits per heavy atom. The number of hydrogen-bond acceptors (Lipinski definition) is 9. The fourth-order valence-corrected chi connectivity index (χ4v) is 3.90. The molecule has 1 heterocycles. The molecule has 3 aromatic rings. The molecular weight excluding hydrogens is 536 g/mol. The number of anilines is 1. The van der Waals surface area contributed by atoms with Crippen LogP contribution in [0, 0.1) is 5.41 Å². The minimum absolute atomic E-state index is 0.000886. The second-order valence-electron chi connectivity index (χ2n) is 6.60. The molecule has 0 aliphatic rings. The molecule has 0 unspecified atom stereocenters. The van der Waals surface area contributed by atoms with Crippen molar-refractivity contribution in [2.45, 2.75) is 11.8 Å². The van der Waals surface area contributed by atoms with Gasteiger partial charge in [0.1, 0.15) is 5.70 Å². The van der Waals surface area contributed by atoms with Crippen LogP contribution in [0.3, 0.4) is 0 Å². The standard InChI is InChI=1S/C21H18BrClN4O5S/c1-3-31-21(28)17(24)16(22)18(25-15-10-5-4-9-14(15)23)20-27-26-19(32-20)12-7-6-8-13(11-12)33(2,29)30/h4-11,24-25H,3H2,1-2H3/b18-16+,24-17?. The number of aromatic nitrogens is 2. The summed E-state index contributed by atoms with van der Waals surface area (Å²) in [6, 6.07) is 12.9. The van der Waals surface area contributed by atoms with Crippen LogP contribution in [0.15, 0.2) is 62.3 Å². The van der Waals surface area contributed by atoms with Crippen molar-refractivity contribution < 1.29 is 22.4 Å². The van der Waals surface area contributed by atoms with Crippen LogP contribution in [-0.4, -0.2) is 43.2 Å². The summed E-state index contributed by atoms with van der Waals surface area (Å²) in [5.41, 5.74) is 0.455. The Labute approximate surface area is 203 Å².